The topological polar surface area (TPSA) is 63.2 Å². The highest BCUT2D eigenvalue weighted by molar-refractivity contribution is 7.91. The molecule has 1 atom stereocenters. The molecule has 0 aromatic carbocycles. The molecule has 0 fully saturated rings. The SMILES string of the molecule is O=C[C@@H](NS(=O)(=O)c1ccc(Cl)s1)C(C(F)(F)F)C(F)(F)F. The summed E-state index contributed by atoms with van der Waals surface area (Å²) < 4.78 is 98.9. The van der Waals surface area contributed by atoms with Gasteiger partial charge in [0.25, 0.3) is 10.0 Å². The first kappa shape index (κ1) is 19.2. The Balaban J connectivity index is 3.18. The normalized spacial score (nSPS) is 15.1. The van der Waals surface area contributed by atoms with Gasteiger partial charge in [-0.3, -0.25) is 0 Å². The van der Waals surface area contributed by atoms with Crippen LogP contribution in [0.15, 0.2) is 16.3 Å². The standard InChI is InChI=1S/C9H6ClF6NO3S2/c10-5-1-2-6(21-5)22(19,20)17-4(3-18)7(8(11,12)13)9(14,15)16/h1-4,7,17H/t4-/m1/s1. The van der Waals surface area contributed by atoms with Crippen LogP contribution in [0.1, 0.15) is 0 Å². The van der Waals surface area contributed by atoms with Gasteiger partial charge in [-0.1, -0.05) is 11.6 Å². The molecule has 0 amide bonds. The molecule has 1 aromatic heterocycles. The van der Waals surface area contributed by atoms with Gasteiger partial charge in [0, 0.05) is 0 Å². The number of nitrogens with one attached hydrogen (secondary N) is 1. The molecule has 1 N–H and O–H groups in total. The maximum Gasteiger partial charge on any atom is 0.402 e. The number of carbonyl (C=O) groups excluding carboxylic acids is 1. The highest BCUT2D eigenvalue weighted by Crippen LogP contribution is 2.41. The van der Waals surface area contributed by atoms with Gasteiger partial charge < -0.3 is 4.79 Å². The zero-order valence-electron chi connectivity index (χ0n) is 10.1. The van der Waals surface area contributed by atoms with Crippen molar-refractivity contribution < 1.29 is 39.6 Å². The molecule has 0 unspecified atom stereocenters. The van der Waals surface area contributed by atoms with Crippen molar-refractivity contribution in [3.63, 3.8) is 0 Å². The zero-order chi connectivity index (χ0) is 17.3. The van der Waals surface area contributed by atoms with Crippen LogP contribution in [0.4, 0.5) is 26.3 Å². The van der Waals surface area contributed by atoms with E-state index in [-0.39, 0.29) is 4.34 Å². The van der Waals surface area contributed by atoms with Crippen LogP contribution in [0.3, 0.4) is 0 Å². The second-order valence-electron chi connectivity index (χ2n) is 3.90. The van der Waals surface area contributed by atoms with Crippen LogP contribution in [-0.4, -0.2) is 33.1 Å². The molecule has 0 saturated carbocycles. The van der Waals surface area contributed by atoms with Gasteiger partial charge in [0.2, 0.25) is 0 Å². The molecule has 4 nitrogen and oxygen atoms in total. The Bertz CT molecular complexity index is 625. The molecule has 0 bridgehead atoms. The zero-order valence-corrected chi connectivity index (χ0v) is 12.5. The smallest absolute Gasteiger partial charge is 0.302 e. The molecular weight excluding hydrogens is 384 g/mol. The first-order valence-corrected chi connectivity index (χ1v) is 7.83. The fourth-order valence-corrected chi connectivity index (χ4v) is 4.13. The Morgan fingerprint density at radius 2 is 1.64 bits per heavy atom. The van der Waals surface area contributed by atoms with Crippen molar-refractivity contribution in [3.05, 3.63) is 16.5 Å². The first-order valence-electron chi connectivity index (χ1n) is 5.15. The third-order valence-electron chi connectivity index (χ3n) is 2.32. The Morgan fingerprint density at radius 3 is 1.95 bits per heavy atom. The summed E-state index contributed by atoms with van der Waals surface area (Å²) in [7, 11) is -4.76. The molecule has 0 saturated heterocycles. The molecule has 0 aliphatic carbocycles. The predicted octanol–water partition coefficient (Wildman–Crippen LogP) is 2.99. The molecule has 1 heterocycles. The molecular formula is C9H6ClF6NO3S2. The average molecular weight is 390 g/mol. The molecule has 0 aliphatic heterocycles. The fraction of sp³-hybridized carbons (Fsp3) is 0.444. The molecule has 22 heavy (non-hydrogen) atoms. The summed E-state index contributed by atoms with van der Waals surface area (Å²) in [6, 6.07) is -1.08. The van der Waals surface area contributed by atoms with Crippen LogP contribution in [0.2, 0.25) is 4.34 Å². The predicted molar refractivity (Wildman–Crippen MR) is 65.1 cm³/mol. The first-order chi connectivity index (χ1) is 9.79. The number of rotatable bonds is 5. The second-order valence-corrected chi connectivity index (χ2v) is 7.56. The van der Waals surface area contributed by atoms with Crippen LogP contribution in [0, 0.1) is 5.92 Å². The minimum atomic E-state index is -5.86. The van der Waals surface area contributed by atoms with Crippen LogP contribution >= 0.6 is 22.9 Å². The fourth-order valence-electron chi connectivity index (χ4n) is 1.45. The molecule has 0 aliphatic rings. The van der Waals surface area contributed by atoms with Gasteiger partial charge >= 0.3 is 12.4 Å². The summed E-state index contributed by atoms with van der Waals surface area (Å²) in [4.78, 5) is 10.6. The number of thiophene rings is 1. The lowest BCUT2D eigenvalue weighted by Gasteiger charge is -2.27. The Kier molecular flexibility index (Phi) is 5.53. The Morgan fingerprint density at radius 1 is 1.14 bits per heavy atom. The lowest BCUT2D eigenvalue weighted by Crippen LogP contribution is -2.53. The molecule has 126 valence electrons. The van der Waals surface area contributed by atoms with Gasteiger partial charge in [0.15, 0.2) is 5.92 Å². The summed E-state index contributed by atoms with van der Waals surface area (Å²) in [5.74, 6) is -4.16. The number of halogens is 7. The summed E-state index contributed by atoms with van der Waals surface area (Å²) in [5.41, 5.74) is 0. The van der Waals surface area contributed by atoms with Gasteiger partial charge in [0.05, 0.1) is 10.4 Å². The van der Waals surface area contributed by atoms with Crippen molar-refractivity contribution >= 4 is 39.2 Å². The summed E-state index contributed by atoms with van der Waals surface area (Å²) in [5, 5.41) is 0. The molecule has 13 heteroatoms. The van der Waals surface area contributed by atoms with E-state index >= 15 is 0 Å². The maximum absolute atomic E-state index is 12.5. The van der Waals surface area contributed by atoms with Crippen LogP contribution in [0.5, 0.6) is 0 Å². The molecule has 1 rings (SSSR count). The van der Waals surface area contributed by atoms with E-state index < -0.39 is 44.8 Å². The van der Waals surface area contributed by atoms with Crippen molar-refractivity contribution in [2.24, 2.45) is 5.92 Å². The van der Waals surface area contributed by atoms with Gasteiger partial charge in [0.1, 0.15) is 10.5 Å². The van der Waals surface area contributed by atoms with E-state index in [2.05, 4.69) is 0 Å². The summed E-state index contributed by atoms with van der Waals surface area (Å²) in [6.07, 6.45) is -12.5. The minimum absolute atomic E-state index is 0.0498. The Hall–Kier alpha value is -0.850. The van der Waals surface area contributed by atoms with E-state index in [1.165, 1.54) is 0 Å². The van der Waals surface area contributed by atoms with Gasteiger partial charge in [-0.05, 0) is 12.1 Å². The van der Waals surface area contributed by atoms with Crippen molar-refractivity contribution in [1.29, 1.82) is 0 Å². The maximum atomic E-state index is 12.5. The number of aldehydes is 1. The highest BCUT2D eigenvalue weighted by atomic mass is 35.5. The van der Waals surface area contributed by atoms with Crippen molar-refractivity contribution in [1.82, 2.24) is 4.72 Å². The van der Waals surface area contributed by atoms with E-state index in [0.717, 1.165) is 16.9 Å². The largest absolute Gasteiger partial charge is 0.402 e. The number of hydrogen-bond acceptors (Lipinski definition) is 4. The number of alkyl halides is 6. The monoisotopic (exact) mass is 389 g/mol. The second kappa shape index (κ2) is 6.34. The number of carbonyl (C=O) groups is 1. The van der Waals surface area contributed by atoms with E-state index in [4.69, 9.17) is 11.6 Å². The van der Waals surface area contributed by atoms with Gasteiger partial charge in [-0.25, -0.2) is 8.42 Å². The summed E-state index contributed by atoms with van der Waals surface area (Å²) >= 11 is 5.85. The molecule has 0 radical (unpaired) electrons. The van der Waals surface area contributed by atoms with Crippen LogP contribution < -0.4 is 4.72 Å². The van der Waals surface area contributed by atoms with E-state index in [9.17, 15) is 39.6 Å². The average Bonchev–Trinajstić information content (AvgIpc) is 2.71. The minimum Gasteiger partial charge on any atom is -0.302 e. The number of hydrogen-bond donors (Lipinski definition) is 1. The van der Waals surface area contributed by atoms with Crippen LogP contribution in [0.25, 0.3) is 0 Å². The third kappa shape index (κ3) is 4.57. The van der Waals surface area contributed by atoms with Crippen LogP contribution in [-0.2, 0) is 14.8 Å². The van der Waals surface area contributed by atoms with Crippen molar-refractivity contribution in [3.8, 4) is 0 Å². The van der Waals surface area contributed by atoms with E-state index in [1.54, 1.807) is 0 Å². The van der Waals surface area contributed by atoms with Crippen molar-refractivity contribution in [2.45, 2.75) is 22.6 Å². The van der Waals surface area contributed by atoms with E-state index in [0.29, 0.717) is 11.3 Å². The lowest BCUT2D eigenvalue weighted by molar-refractivity contribution is -0.287. The number of sulfonamides is 1. The van der Waals surface area contributed by atoms with Crippen molar-refractivity contribution in [2.75, 3.05) is 0 Å². The van der Waals surface area contributed by atoms with E-state index in [1.807, 2.05) is 0 Å². The lowest BCUT2D eigenvalue weighted by atomic mass is 10.0. The quantitative estimate of drug-likeness (QED) is 0.622. The molecule has 0 spiro atoms. The van der Waals surface area contributed by atoms with Gasteiger partial charge in [-0.15, -0.1) is 11.3 Å². The Labute approximate surface area is 129 Å². The summed E-state index contributed by atoms with van der Waals surface area (Å²) in [6.45, 7) is 0. The highest BCUT2D eigenvalue weighted by Gasteiger charge is 2.61. The third-order valence-corrected chi connectivity index (χ3v) is 5.50. The molecule has 1 aromatic rings. The van der Waals surface area contributed by atoms with Gasteiger partial charge in [-0.2, -0.15) is 31.1 Å².